The first kappa shape index (κ1) is 19.5. The molecule has 0 spiro atoms. The zero-order chi connectivity index (χ0) is 17.6. The number of carbonyl (C=O) groups is 1. The second-order valence-electron chi connectivity index (χ2n) is 8.36. The highest BCUT2D eigenvalue weighted by atomic mass is 16.6. The van der Waals surface area contributed by atoms with E-state index in [0.29, 0.717) is 0 Å². The molecule has 1 amide bonds. The van der Waals surface area contributed by atoms with Crippen molar-refractivity contribution in [2.24, 2.45) is 5.92 Å². The Morgan fingerprint density at radius 1 is 1.08 bits per heavy atom. The number of likely N-dealkylation sites (tertiary alicyclic amines) is 2. The Morgan fingerprint density at radius 2 is 1.79 bits per heavy atom. The molecular formula is C19H37N3O2. The number of hydrogen-bond donors (Lipinski definition) is 1. The molecule has 0 aliphatic carbocycles. The van der Waals surface area contributed by atoms with E-state index in [1.54, 1.807) is 0 Å². The van der Waals surface area contributed by atoms with Gasteiger partial charge < -0.3 is 19.9 Å². The molecule has 1 atom stereocenters. The van der Waals surface area contributed by atoms with Crippen LogP contribution in [0.25, 0.3) is 0 Å². The molecule has 1 N–H and O–H groups in total. The lowest BCUT2D eigenvalue weighted by atomic mass is 9.96. The van der Waals surface area contributed by atoms with Gasteiger partial charge in [-0.2, -0.15) is 0 Å². The molecule has 0 saturated carbocycles. The van der Waals surface area contributed by atoms with Gasteiger partial charge >= 0.3 is 6.09 Å². The minimum atomic E-state index is -0.417. The summed E-state index contributed by atoms with van der Waals surface area (Å²) in [4.78, 5) is 16.9. The molecule has 2 aliphatic rings. The van der Waals surface area contributed by atoms with E-state index in [9.17, 15) is 4.79 Å². The molecule has 0 radical (unpaired) electrons. The molecule has 0 aromatic rings. The van der Waals surface area contributed by atoms with Crippen LogP contribution in [-0.4, -0.2) is 66.8 Å². The first-order valence-electron chi connectivity index (χ1n) is 9.81. The van der Waals surface area contributed by atoms with E-state index in [2.05, 4.69) is 17.1 Å². The molecule has 0 aromatic heterocycles. The van der Waals surface area contributed by atoms with E-state index in [-0.39, 0.29) is 12.1 Å². The summed E-state index contributed by atoms with van der Waals surface area (Å²) >= 11 is 0. The molecule has 2 rings (SSSR count). The summed E-state index contributed by atoms with van der Waals surface area (Å²) in [6.45, 7) is 14.5. The SMILES string of the molecule is CCN1CCC(CNCC2CCCCN2C(=O)OC(C)(C)C)CC1. The highest BCUT2D eigenvalue weighted by Crippen LogP contribution is 2.21. The summed E-state index contributed by atoms with van der Waals surface area (Å²) in [6, 6.07) is 0.282. The molecule has 0 aromatic carbocycles. The minimum absolute atomic E-state index is 0.148. The van der Waals surface area contributed by atoms with Crippen LogP contribution in [0.3, 0.4) is 0 Å². The third-order valence-electron chi connectivity index (χ3n) is 5.22. The van der Waals surface area contributed by atoms with E-state index in [1.807, 2.05) is 25.7 Å². The number of rotatable bonds is 5. The molecule has 2 fully saturated rings. The third kappa shape index (κ3) is 6.25. The van der Waals surface area contributed by atoms with Crippen LogP contribution in [0.15, 0.2) is 0 Å². The van der Waals surface area contributed by atoms with Crippen molar-refractivity contribution >= 4 is 6.09 Å². The van der Waals surface area contributed by atoms with Gasteiger partial charge in [0.1, 0.15) is 5.60 Å². The number of amides is 1. The van der Waals surface area contributed by atoms with E-state index < -0.39 is 5.60 Å². The fourth-order valence-corrected chi connectivity index (χ4v) is 3.73. The predicted octanol–water partition coefficient (Wildman–Crippen LogP) is 3.10. The lowest BCUT2D eigenvalue weighted by molar-refractivity contribution is 0.00981. The Hall–Kier alpha value is -0.810. The topological polar surface area (TPSA) is 44.8 Å². The summed E-state index contributed by atoms with van der Waals surface area (Å²) in [5.41, 5.74) is -0.417. The van der Waals surface area contributed by atoms with Crippen molar-refractivity contribution in [1.29, 1.82) is 0 Å². The third-order valence-corrected chi connectivity index (χ3v) is 5.22. The molecule has 2 aliphatic heterocycles. The monoisotopic (exact) mass is 339 g/mol. The number of hydrogen-bond acceptors (Lipinski definition) is 4. The Morgan fingerprint density at radius 3 is 2.42 bits per heavy atom. The minimum Gasteiger partial charge on any atom is -0.444 e. The van der Waals surface area contributed by atoms with Gasteiger partial charge in [0.25, 0.3) is 0 Å². The normalized spacial score (nSPS) is 24.2. The van der Waals surface area contributed by atoms with Gasteiger partial charge in [0.05, 0.1) is 0 Å². The maximum Gasteiger partial charge on any atom is 0.410 e. The average Bonchev–Trinajstić information content (AvgIpc) is 2.54. The van der Waals surface area contributed by atoms with Crippen molar-refractivity contribution in [3.63, 3.8) is 0 Å². The Bertz CT molecular complexity index is 387. The Balaban J connectivity index is 1.74. The zero-order valence-corrected chi connectivity index (χ0v) is 16.1. The van der Waals surface area contributed by atoms with Gasteiger partial charge in [-0.25, -0.2) is 4.79 Å². The molecule has 5 heteroatoms. The largest absolute Gasteiger partial charge is 0.444 e. The average molecular weight is 340 g/mol. The van der Waals surface area contributed by atoms with Crippen LogP contribution >= 0.6 is 0 Å². The van der Waals surface area contributed by atoms with Crippen LogP contribution in [0.4, 0.5) is 4.79 Å². The second kappa shape index (κ2) is 9.04. The quantitative estimate of drug-likeness (QED) is 0.836. The van der Waals surface area contributed by atoms with Gasteiger partial charge in [0.15, 0.2) is 0 Å². The van der Waals surface area contributed by atoms with Crippen LogP contribution in [0.1, 0.15) is 59.8 Å². The van der Waals surface area contributed by atoms with Gasteiger partial charge in [0, 0.05) is 19.1 Å². The number of nitrogens with zero attached hydrogens (tertiary/aromatic N) is 2. The van der Waals surface area contributed by atoms with Gasteiger partial charge in [-0.05, 0) is 85.0 Å². The molecule has 1 unspecified atom stereocenters. The summed E-state index contributed by atoms with van der Waals surface area (Å²) in [5.74, 6) is 0.784. The molecule has 140 valence electrons. The van der Waals surface area contributed by atoms with Crippen molar-refractivity contribution in [3.05, 3.63) is 0 Å². The van der Waals surface area contributed by atoms with Crippen LogP contribution < -0.4 is 5.32 Å². The zero-order valence-electron chi connectivity index (χ0n) is 16.1. The molecule has 24 heavy (non-hydrogen) atoms. The van der Waals surface area contributed by atoms with Crippen molar-refractivity contribution in [1.82, 2.24) is 15.1 Å². The Labute approximate surface area is 148 Å². The van der Waals surface area contributed by atoms with E-state index >= 15 is 0 Å². The summed E-state index contributed by atoms with van der Waals surface area (Å²) in [7, 11) is 0. The second-order valence-corrected chi connectivity index (χ2v) is 8.36. The summed E-state index contributed by atoms with van der Waals surface area (Å²) < 4.78 is 5.58. The van der Waals surface area contributed by atoms with Crippen LogP contribution in [0, 0.1) is 5.92 Å². The van der Waals surface area contributed by atoms with E-state index in [4.69, 9.17) is 4.74 Å². The predicted molar refractivity (Wildman–Crippen MR) is 98.3 cm³/mol. The highest BCUT2D eigenvalue weighted by Gasteiger charge is 2.30. The number of carbonyl (C=O) groups excluding carboxylic acids is 1. The van der Waals surface area contributed by atoms with Gasteiger partial charge in [-0.15, -0.1) is 0 Å². The molecule has 2 heterocycles. The van der Waals surface area contributed by atoms with Gasteiger partial charge in [-0.1, -0.05) is 6.92 Å². The first-order chi connectivity index (χ1) is 11.4. The van der Waals surface area contributed by atoms with Crippen LogP contribution in [0.5, 0.6) is 0 Å². The number of nitrogens with one attached hydrogen (secondary N) is 1. The standard InChI is InChI=1S/C19H37N3O2/c1-5-21-12-9-16(10-13-21)14-20-15-17-8-6-7-11-22(17)18(23)24-19(2,3)4/h16-17,20H,5-15H2,1-4H3. The maximum absolute atomic E-state index is 12.4. The fourth-order valence-electron chi connectivity index (χ4n) is 3.73. The highest BCUT2D eigenvalue weighted by molar-refractivity contribution is 5.68. The fraction of sp³-hybridized carbons (Fsp3) is 0.947. The first-order valence-corrected chi connectivity index (χ1v) is 9.81. The van der Waals surface area contributed by atoms with Gasteiger partial charge in [-0.3, -0.25) is 0 Å². The van der Waals surface area contributed by atoms with Crippen molar-refractivity contribution in [2.45, 2.75) is 71.4 Å². The summed E-state index contributed by atoms with van der Waals surface area (Å²) in [5, 5.41) is 3.64. The molecule has 2 saturated heterocycles. The van der Waals surface area contributed by atoms with Crippen molar-refractivity contribution < 1.29 is 9.53 Å². The smallest absolute Gasteiger partial charge is 0.410 e. The van der Waals surface area contributed by atoms with Crippen molar-refractivity contribution in [2.75, 3.05) is 39.3 Å². The lowest BCUT2D eigenvalue weighted by Crippen LogP contribution is -2.50. The molecule has 5 nitrogen and oxygen atoms in total. The van der Waals surface area contributed by atoms with Crippen LogP contribution in [-0.2, 0) is 4.74 Å². The van der Waals surface area contributed by atoms with E-state index in [1.165, 1.54) is 38.9 Å². The van der Waals surface area contributed by atoms with Gasteiger partial charge in [0.2, 0.25) is 0 Å². The number of ether oxygens (including phenoxy) is 1. The maximum atomic E-state index is 12.4. The lowest BCUT2D eigenvalue weighted by Gasteiger charge is -2.37. The van der Waals surface area contributed by atoms with Crippen molar-refractivity contribution in [3.8, 4) is 0 Å². The van der Waals surface area contributed by atoms with E-state index in [0.717, 1.165) is 38.4 Å². The Kier molecular flexibility index (Phi) is 7.35. The number of piperidine rings is 2. The van der Waals surface area contributed by atoms with Crippen LogP contribution in [0.2, 0.25) is 0 Å². The summed E-state index contributed by atoms with van der Waals surface area (Å²) in [6.07, 6.45) is 5.82. The molecular weight excluding hydrogens is 302 g/mol. The molecule has 0 bridgehead atoms.